The summed E-state index contributed by atoms with van der Waals surface area (Å²) in [5.41, 5.74) is 1.31. The van der Waals surface area contributed by atoms with E-state index in [0.29, 0.717) is 11.6 Å². The lowest BCUT2D eigenvalue weighted by molar-refractivity contribution is 0.0697. The molecule has 0 radical (unpaired) electrons. The van der Waals surface area contributed by atoms with Gasteiger partial charge in [0.25, 0.3) is 0 Å². The molecule has 0 aliphatic rings. The smallest absolute Gasteiger partial charge is 0.335 e. The largest absolute Gasteiger partial charge is 0.478 e. The Bertz CT molecular complexity index is 371. The van der Waals surface area contributed by atoms with Gasteiger partial charge in [0.05, 0.1) is 5.56 Å². The summed E-state index contributed by atoms with van der Waals surface area (Å²) in [7, 11) is 0. The van der Waals surface area contributed by atoms with Crippen molar-refractivity contribution < 1.29 is 9.90 Å². The minimum atomic E-state index is -0.883. The fourth-order valence-corrected chi connectivity index (χ4v) is 1.90. The van der Waals surface area contributed by atoms with Gasteiger partial charge in [0, 0.05) is 11.7 Å². The van der Waals surface area contributed by atoms with Crippen LogP contribution < -0.4 is 5.32 Å². The van der Waals surface area contributed by atoms with E-state index in [2.05, 4.69) is 26.1 Å². The summed E-state index contributed by atoms with van der Waals surface area (Å²) in [5, 5.41) is 12.2. The highest BCUT2D eigenvalue weighted by Gasteiger charge is 2.05. The van der Waals surface area contributed by atoms with Crippen LogP contribution >= 0.6 is 0 Å². The van der Waals surface area contributed by atoms with E-state index < -0.39 is 5.97 Å². The quantitative estimate of drug-likeness (QED) is 0.767. The second kappa shape index (κ2) is 7.04. The second-order valence-corrected chi connectivity index (χ2v) is 5.25. The molecule has 0 aliphatic carbocycles. The van der Waals surface area contributed by atoms with Crippen molar-refractivity contribution in [1.29, 1.82) is 0 Å². The van der Waals surface area contributed by atoms with E-state index in [1.54, 1.807) is 12.1 Å². The zero-order chi connectivity index (χ0) is 13.5. The summed E-state index contributed by atoms with van der Waals surface area (Å²) >= 11 is 0. The van der Waals surface area contributed by atoms with Gasteiger partial charge in [-0.2, -0.15) is 0 Å². The standard InChI is InChI=1S/C15H23NO2/c1-11(2)5-4-6-12(3)16-14-9-7-13(8-10-14)15(17)18/h7-12,16H,4-6H2,1-3H3,(H,17,18). The molecule has 0 spiro atoms. The normalized spacial score (nSPS) is 12.4. The predicted octanol–water partition coefficient (Wildman–Crippen LogP) is 4.01. The zero-order valence-electron chi connectivity index (χ0n) is 11.4. The lowest BCUT2D eigenvalue weighted by Crippen LogP contribution is -2.15. The first kappa shape index (κ1) is 14.6. The number of aromatic carboxylic acids is 1. The monoisotopic (exact) mass is 249 g/mol. The molecule has 1 unspecified atom stereocenters. The minimum absolute atomic E-state index is 0.327. The van der Waals surface area contributed by atoms with E-state index in [4.69, 9.17) is 5.11 Å². The molecular formula is C15H23NO2. The van der Waals surface area contributed by atoms with Gasteiger partial charge in [-0.05, 0) is 43.5 Å². The molecule has 100 valence electrons. The molecule has 0 aromatic heterocycles. The van der Waals surface area contributed by atoms with Gasteiger partial charge < -0.3 is 10.4 Å². The molecule has 2 N–H and O–H groups in total. The maximum Gasteiger partial charge on any atom is 0.335 e. The maximum atomic E-state index is 10.7. The van der Waals surface area contributed by atoms with E-state index in [1.165, 1.54) is 12.8 Å². The van der Waals surface area contributed by atoms with Gasteiger partial charge in [-0.25, -0.2) is 4.79 Å². The van der Waals surface area contributed by atoms with Crippen molar-refractivity contribution in [2.75, 3.05) is 5.32 Å². The van der Waals surface area contributed by atoms with E-state index in [9.17, 15) is 4.79 Å². The number of hydrogen-bond acceptors (Lipinski definition) is 2. The molecule has 0 saturated carbocycles. The van der Waals surface area contributed by atoms with Crippen LogP contribution in [0.3, 0.4) is 0 Å². The van der Waals surface area contributed by atoms with Crippen molar-refractivity contribution in [3.63, 3.8) is 0 Å². The van der Waals surface area contributed by atoms with E-state index in [1.807, 2.05) is 12.1 Å². The summed E-state index contributed by atoms with van der Waals surface area (Å²) in [5.74, 6) is -0.126. The number of anilines is 1. The molecule has 0 saturated heterocycles. The number of hydrogen-bond donors (Lipinski definition) is 2. The summed E-state index contributed by atoms with van der Waals surface area (Å²) < 4.78 is 0. The van der Waals surface area contributed by atoms with Gasteiger partial charge in [-0.1, -0.05) is 26.7 Å². The lowest BCUT2D eigenvalue weighted by Gasteiger charge is -2.15. The molecular weight excluding hydrogens is 226 g/mol. The van der Waals surface area contributed by atoms with Crippen LogP contribution in [0.5, 0.6) is 0 Å². The number of carboxylic acids is 1. The number of benzene rings is 1. The van der Waals surface area contributed by atoms with Gasteiger partial charge >= 0.3 is 5.97 Å². The van der Waals surface area contributed by atoms with Crippen LogP contribution in [0.15, 0.2) is 24.3 Å². The van der Waals surface area contributed by atoms with Crippen LogP contribution in [0.4, 0.5) is 5.69 Å². The molecule has 0 aliphatic heterocycles. The Labute approximate surface area is 109 Å². The SMILES string of the molecule is CC(C)CCCC(C)Nc1ccc(C(=O)O)cc1. The Hall–Kier alpha value is -1.51. The van der Waals surface area contributed by atoms with Gasteiger partial charge in [0.2, 0.25) is 0 Å². The average molecular weight is 249 g/mol. The number of nitrogens with one attached hydrogen (secondary N) is 1. The Morgan fingerprint density at radius 3 is 2.28 bits per heavy atom. The Morgan fingerprint density at radius 2 is 1.78 bits per heavy atom. The third-order valence-electron chi connectivity index (χ3n) is 2.96. The minimum Gasteiger partial charge on any atom is -0.478 e. The fourth-order valence-electron chi connectivity index (χ4n) is 1.90. The van der Waals surface area contributed by atoms with Crippen molar-refractivity contribution in [2.24, 2.45) is 5.92 Å². The zero-order valence-corrected chi connectivity index (χ0v) is 11.4. The Kier molecular flexibility index (Phi) is 5.69. The van der Waals surface area contributed by atoms with Gasteiger partial charge in [0.1, 0.15) is 0 Å². The molecule has 0 bridgehead atoms. The van der Waals surface area contributed by atoms with Crippen LogP contribution in [0.25, 0.3) is 0 Å². The third kappa shape index (κ3) is 5.21. The van der Waals surface area contributed by atoms with Gasteiger partial charge in [0.15, 0.2) is 0 Å². The van der Waals surface area contributed by atoms with E-state index >= 15 is 0 Å². The number of rotatable bonds is 7. The van der Waals surface area contributed by atoms with Crippen LogP contribution in [0.2, 0.25) is 0 Å². The molecule has 18 heavy (non-hydrogen) atoms. The number of carbonyl (C=O) groups is 1. The van der Waals surface area contributed by atoms with Crippen LogP contribution in [0, 0.1) is 5.92 Å². The van der Waals surface area contributed by atoms with E-state index in [-0.39, 0.29) is 0 Å². The van der Waals surface area contributed by atoms with Crippen molar-refractivity contribution >= 4 is 11.7 Å². The highest BCUT2D eigenvalue weighted by molar-refractivity contribution is 5.87. The molecule has 0 amide bonds. The summed E-state index contributed by atoms with van der Waals surface area (Å²) in [4.78, 5) is 10.7. The van der Waals surface area contributed by atoms with Gasteiger partial charge in [-0.3, -0.25) is 0 Å². The predicted molar refractivity (Wildman–Crippen MR) is 75.2 cm³/mol. The Balaban J connectivity index is 2.39. The molecule has 1 aromatic rings. The van der Waals surface area contributed by atoms with E-state index in [0.717, 1.165) is 18.0 Å². The highest BCUT2D eigenvalue weighted by Crippen LogP contribution is 2.14. The van der Waals surface area contributed by atoms with Crippen molar-refractivity contribution in [2.45, 2.75) is 46.1 Å². The topological polar surface area (TPSA) is 49.3 Å². The first-order valence-corrected chi connectivity index (χ1v) is 6.59. The average Bonchev–Trinajstić information content (AvgIpc) is 2.29. The molecule has 3 nitrogen and oxygen atoms in total. The number of carboxylic acid groups (broad SMARTS) is 1. The molecule has 1 aromatic carbocycles. The summed E-state index contributed by atoms with van der Waals surface area (Å²) in [6, 6.07) is 7.32. The maximum absolute atomic E-state index is 10.7. The first-order chi connectivity index (χ1) is 8.49. The first-order valence-electron chi connectivity index (χ1n) is 6.59. The molecule has 0 fully saturated rings. The lowest BCUT2D eigenvalue weighted by atomic mass is 10.0. The van der Waals surface area contributed by atoms with Crippen molar-refractivity contribution in [1.82, 2.24) is 0 Å². The molecule has 0 heterocycles. The molecule has 1 atom stereocenters. The Morgan fingerprint density at radius 1 is 1.17 bits per heavy atom. The van der Waals surface area contributed by atoms with Gasteiger partial charge in [-0.15, -0.1) is 0 Å². The third-order valence-corrected chi connectivity index (χ3v) is 2.96. The van der Waals surface area contributed by atoms with Crippen LogP contribution in [-0.2, 0) is 0 Å². The molecule has 1 rings (SSSR count). The van der Waals surface area contributed by atoms with Crippen molar-refractivity contribution in [3.05, 3.63) is 29.8 Å². The highest BCUT2D eigenvalue weighted by atomic mass is 16.4. The molecule has 3 heteroatoms. The second-order valence-electron chi connectivity index (χ2n) is 5.25. The summed E-state index contributed by atoms with van der Waals surface area (Å²) in [6.45, 7) is 6.64. The summed E-state index contributed by atoms with van der Waals surface area (Å²) in [6.07, 6.45) is 3.61. The van der Waals surface area contributed by atoms with Crippen LogP contribution in [-0.4, -0.2) is 17.1 Å². The fraction of sp³-hybridized carbons (Fsp3) is 0.533. The van der Waals surface area contributed by atoms with Crippen LogP contribution in [0.1, 0.15) is 50.4 Å². The van der Waals surface area contributed by atoms with Crippen molar-refractivity contribution in [3.8, 4) is 0 Å².